The van der Waals surface area contributed by atoms with E-state index < -0.39 is 0 Å². The van der Waals surface area contributed by atoms with Gasteiger partial charge in [0.2, 0.25) is 0 Å². The maximum absolute atomic E-state index is 4.53. The highest BCUT2D eigenvalue weighted by atomic mass is 32.1. The number of aliphatic imine (C=N–C) groups is 1. The lowest BCUT2D eigenvalue weighted by atomic mass is 10.2. The Morgan fingerprint density at radius 1 is 1.22 bits per heavy atom. The van der Waals surface area contributed by atoms with Crippen molar-refractivity contribution in [1.29, 1.82) is 0 Å². The smallest absolute Gasteiger partial charge is 0.191 e. The van der Waals surface area contributed by atoms with E-state index in [4.69, 9.17) is 0 Å². The lowest BCUT2D eigenvalue weighted by Gasteiger charge is -2.17. The predicted molar refractivity (Wildman–Crippen MR) is 112 cm³/mol. The van der Waals surface area contributed by atoms with Crippen LogP contribution in [0.5, 0.6) is 0 Å². The Labute approximate surface area is 164 Å². The second kappa shape index (κ2) is 8.81. The number of imidazole rings is 1. The number of nitrogens with zero attached hydrogens (tertiary/aromatic N) is 4. The molecule has 1 unspecified atom stereocenters. The summed E-state index contributed by atoms with van der Waals surface area (Å²) in [6.07, 6.45) is 6.56. The predicted octanol–water partition coefficient (Wildman–Crippen LogP) is 3.24. The number of hydrogen-bond donors (Lipinski definition) is 2. The van der Waals surface area contributed by atoms with Gasteiger partial charge in [0.1, 0.15) is 11.6 Å². The molecule has 0 bridgehead atoms. The third kappa shape index (κ3) is 5.17. The Morgan fingerprint density at radius 3 is 2.67 bits per heavy atom. The number of aromatic nitrogens is 3. The van der Waals surface area contributed by atoms with Gasteiger partial charge in [0.15, 0.2) is 5.96 Å². The van der Waals surface area contributed by atoms with Crippen LogP contribution in [0, 0.1) is 13.8 Å². The van der Waals surface area contributed by atoms with E-state index in [2.05, 4.69) is 57.6 Å². The Morgan fingerprint density at radius 2 is 2.07 bits per heavy atom. The molecule has 0 aliphatic rings. The summed E-state index contributed by atoms with van der Waals surface area (Å²) in [5, 5.41) is 6.80. The fourth-order valence-electron chi connectivity index (χ4n) is 2.85. The van der Waals surface area contributed by atoms with Crippen molar-refractivity contribution in [2.24, 2.45) is 4.99 Å². The van der Waals surface area contributed by atoms with E-state index in [1.807, 2.05) is 41.3 Å². The first-order chi connectivity index (χ1) is 13.0. The molecule has 0 aliphatic heterocycles. The van der Waals surface area contributed by atoms with Gasteiger partial charge in [0, 0.05) is 54.4 Å². The van der Waals surface area contributed by atoms with Crippen LogP contribution in [0.15, 0.2) is 47.8 Å². The van der Waals surface area contributed by atoms with Crippen molar-refractivity contribution in [3.05, 3.63) is 64.0 Å². The number of hydrogen-bond acceptors (Lipinski definition) is 4. The molecule has 3 aromatic rings. The van der Waals surface area contributed by atoms with Crippen LogP contribution in [0.3, 0.4) is 0 Å². The minimum Gasteiger partial charge on any atom is -0.354 e. The molecule has 0 saturated carbocycles. The molecule has 1 atom stereocenters. The van der Waals surface area contributed by atoms with Gasteiger partial charge in [-0.05, 0) is 44.5 Å². The molecule has 0 amide bonds. The van der Waals surface area contributed by atoms with Crippen LogP contribution >= 0.6 is 11.3 Å². The van der Waals surface area contributed by atoms with Crippen LogP contribution in [-0.4, -0.2) is 33.6 Å². The van der Waals surface area contributed by atoms with Crippen molar-refractivity contribution in [2.45, 2.75) is 39.8 Å². The third-order valence-electron chi connectivity index (χ3n) is 4.25. The number of guanidine groups is 1. The minimum atomic E-state index is 0.305. The summed E-state index contributed by atoms with van der Waals surface area (Å²) < 4.78 is 1.96. The lowest BCUT2D eigenvalue weighted by Crippen LogP contribution is -2.42. The van der Waals surface area contributed by atoms with E-state index in [1.54, 1.807) is 13.2 Å². The standard InChI is InChI=1S/C20H26N6S/c1-14(11-18-7-5-15(2)27-18)25-20(21-4)24-13-17-6-8-19(23-12-17)26-10-9-22-16(26)3/h5-10,12,14H,11,13H2,1-4H3,(H2,21,24,25). The van der Waals surface area contributed by atoms with Crippen LogP contribution in [0.25, 0.3) is 5.82 Å². The molecule has 0 radical (unpaired) electrons. The molecule has 0 spiro atoms. The van der Waals surface area contributed by atoms with E-state index >= 15 is 0 Å². The van der Waals surface area contributed by atoms with Crippen molar-refractivity contribution in [3.8, 4) is 5.82 Å². The van der Waals surface area contributed by atoms with Crippen LogP contribution in [-0.2, 0) is 13.0 Å². The van der Waals surface area contributed by atoms with Gasteiger partial charge in [0.05, 0.1) is 0 Å². The molecule has 3 heterocycles. The summed E-state index contributed by atoms with van der Waals surface area (Å²) in [6.45, 7) is 6.94. The summed E-state index contributed by atoms with van der Waals surface area (Å²) >= 11 is 1.85. The fourth-order valence-corrected chi connectivity index (χ4v) is 3.86. The van der Waals surface area contributed by atoms with Crippen molar-refractivity contribution >= 4 is 17.3 Å². The molecule has 142 valence electrons. The summed E-state index contributed by atoms with van der Waals surface area (Å²) in [7, 11) is 1.79. The van der Waals surface area contributed by atoms with Crippen molar-refractivity contribution in [1.82, 2.24) is 25.2 Å². The molecule has 27 heavy (non-hydrogen) atoms. The summed E-state index contributed by atoms with van der Waals surface area (Å²) in [6, 6.07) is 8.74. The van der Waals surface area contributed by atoms with Crippen LogP contribution in [0.2, 0.25) is 0 Å². The van der Waals surface area contributed by atoms with Crippen LogP contribution in [0.1, 0.15) is 28.1 Å². The van der Waals surface area contributed by atoms with Gasteiger partial charge >= 0.3 is 0 Å². The number of thiophene rings is 1. The van der Waals surface area contributed by atoms with Crippen LogP contribution < -0.4 is 10.6 Å². The largest absolute Gasteiger partial charge is 0.354 e. The maximum Gasteiger partial charge on any atom is 0.191 e. The summed E-state index contributed by atoms with van der Waals surface area (Å²) in [4.78, 5) is 15.8. The average molecular weight is 383 g/mol. The zero-order valence-corrected chi connectivity index (χ0v) is 17.0. The molecule has 0 saturated heterocycles. The zero-order valence-electron chi connectivity index (χ0n) is 16.2. The molecule has 3 rings (SSSR count). The van der Waals surface area contributed by atoms with E-state index in [-0.39, 0.29) is 0 Å². The minimum absolute atomic E-state index is 0.305. The Balaban J connectivity index is 1.52. The molecule has 2 N–H and O–H groups in total. The third-order valence-corrected chi connectivity index (χ3v) is 5.27. The second-order valence-corrected chi connectivity index (χ2v) is 7.93. The Kier molecular flexibility index (Phi) is 6.24. The summed E-state index contributed by atoms with van der Waals surface area (Å²) in [5.41, 5.74) is 1.10. The van der Waals surface area contributed by atoms with E-state index in [9.17, 15) is 0 Å². The van der Waals surface area contributed by atoms with Gasteiger partial charge in [-0.3, -0.25) is 9.56 Å². The highest BCUT2D eigenvalue weighted by Gasteiger charge is 2.08. The van der Waals surface area contributed by atoms with Gasteiger partial charge < -0.3 is 10.6 Å². The first kappa shape index (κ1) is 19.1. The topological polar surface area (TPSA) is 67.1 Å². The van der Waals surface area contributed by atoms with E-state index in [1.165, 1.54) is 9.75 Å². The molecule has 7 heteroatoms. The molecule has 0 fully saturated rings. The molecular formula is C20H26N6S. The Hall–Kier alpha value is -2.67. The first-order valence-electron chi connectivity index (χ1n) is 9.03. The van der Waals surface area contributed by atoms with Gasteiger partial charge in [0.25, 0.3) is 0 Å². The highest BCUT2D eigenvalue weighted by molar-refractivity contribution is 7.11. The number of nitrogens with one attached hydrogen (secondary N) is 2. The van der Waals surface area contributed by atoms with Gasteiger partial charge in [-0.1, -0.05) is 6.07 Å². The number of aryl methyl sites for hydroxylation is 2. The van der Waals surface area contributed by atoms with Crippen molar-refractivity contribution in [3.63, 3.8) is 0 Å². The van der Waals surface area contributed by atoms with Crippen LogP contribution in [0.4, 0.5) is 0 Å². The van der Waals surface area contributed by atoms with E-state index in [0.29, 0.717) is 12.6 Å². The average Bonchev–Trinajstić information content (AvgIpc) is 3.27. The second-order valence-electron chi connectivity index (χ2n) is 6.56. The summed E-state index contributed by atoms with van der Waals surface area (Å²) in [5.74, 6) is 2.59. The molecule has 0 aromatic carbocycles. The quantitative estimate of drug-likeness (QED) is 0.507. The number of pyridine rings is 1. The molecule has 6 nitrogen and oxygen atoms in total. The number of rotatable bonds is 6. The SMILES string of the molecule is CN=C(NCc1ccc(-n2ccnc2C)nc1)NC(C)Cc1ccc(C)s1. The normalized spacial score (nSPS) is 12.8. The molecular weight excluding hydrogens is 356 g/mol. The zero-order chi connectivity index (χ0) is 19.2. The molecule has 0 aliphatic carbocycles. The van der Waals surface area contributed by atoms with Crippen molar-refractivity contribution in [2.75, 3.05) is 7.05 Å². The maximum atomic E-state index is 4.53. The van der Waals surface area contributed by atoms with Gasteiger partial charge in [-0.15, -0.1) is 11.3 Å². The fraction of sp³-hybridized carbons (Fsp3) is 0.350. The lowest BCUT2D eigenvalue weighted by molar-refractivity contribution is 0.644. The monoisotopic (exact) mass is 382 g/mol. The Bertz CT molecular complexity index is 893. The highest BCUT2D eigenvalue weighted by Crippen LogP contribution is 2.16. The first-order valence-corrected chi connectivity index (χ1v) is 9.84. The van der Waals surface area contributed by atoms with E-state index in [0.717, 1.165) is 29.6 Å². The molecule has 3 aromatic heterocycles. The van der Waals surface area contributed by atoms with Gasteiger partial charge in [-0.25, -0.2) is 9.97 Å². The van der Waals surface area contributed by atoms with Crippen molar-refractivity contribution < 1.29 is 0 Å². The van der Waals surface area contributed by atoms with Gasteiger partial charge in [-0.2, -0.15) is 0 Å².